The molecule has 0 bridgehead atoms. The highest BCUT2D eigenvalue weighted by atomic mass is 79.9. The van der Waals surface area contributed by atoms with Crippen molar-refractivity contribution >= 4 is 54.0 Å². The van der Waals surface area contributed by atoms with E-state index in [2.05, 4.69) is 79.4 Å². The molecular weight excluding hydrogens is 412 g/mol. The van der Waals surface area contributed by atoms with Gasteiger partial charge in [0.1, 0.15) is 0 Å². The Bertz CT molecular complexity index is 745. The van der Waals surface area contributed by atoms with E-state index in [1.807, 2.05) is 12.4 Å². The van der Waals surface area contributed by atoms with Gasteiger partial charge in [0.25, 0.3) is 0 Å². The first-order valence-corrected chi connectivity index (χ1v) is 9.11. The third-order valence-electron chi connectivity index (χ3n) is 3.38. The van der Waals surface area contributed by atoms with Crippen LogP contribution in [-0.4, -0.2) is 11.5 Å². The second-order valence-electron chi connectivity index (χ2n) is 4.71. The SMILES string of the molecule is CCNC(c1cc(Br)c(Br)s1)c1cccc2cnccc12. The number of nitrogens with zero attached hydrogens (tertiary/aromatic N) is 1. The summed E-state index contributed by atoms with van der Waals surface area (Å²) in [6.45, 7) is 3.05. The minimum absolute atomic E-state index is 0.189. The lowest BCUT2D eigenvalue weighted by molar-refractivity contribution is 0.643. The van der Waals surface area contributed by atoms with Crippen molar-refractivity contribution in [2.45, 2.75) is 13.0 Å². The lowest BCUT2D eigenvalue weighted by Gasteiger charge is -2.19. The maximum atomic E-state index is 4.22. The molecule has 1 N–H and O–H groups in total. The van der Waals surface area contributed by atoms with E-state index >= 15 is 0 Å². The van der Waals surface area contributed by atoms with Gasteiger partial charge < -0.3 is 5.32 Å². The van der Waals surface area contributed by atoms with E-state index in [9.17, 15) is 0 Å². The predicted octanol–water partition coefficient (Wildman–Crippen LogP) is 5.52. The zero-order valence-electron chi connectivity index (χ0n) is 11.4. The number of halogens is 2. The Morgan fingerprint density at radius 2 is 2.14 bits per heavy atom. The van der Waals surface area contributed by atoms with Crippen LogP contribution in [0.15, 0.2) is 51.0 Å². The molecule has 0 amide bonds. The van der Waals surface area contributed by atoms with Crippen LogP contribution in [0.4, 0.5) is 0 Å². The van der Waals surface area contributed by atoms with Crippen LogP contribution in [0.3, 0.4) is 0 Å². The number of pyridine rings is 1. The molecule has 3 rings (SSSR count). The van der Waals surface area contributed by atoms with Gasteiger partial charge in [0.05, 0.1) is 9.83 Å². The van der Waals surface area contributed by atoms with E-state index < -0.39 is 0 Å². The number of aromatic nitrogens is 1. The molecule has 0 fully saturated rings. The monoisotopic (exact) mass is 424 g/mol. The molecule has 0 aliphatic rings. The molecule has 108 valence electrons. The minimum Gasteiger partial charge on any atom is -0.306 e. The average molecular weight is 426 g/mol. The van der Waals surface area contributed by atoms with E-state index in [1.54, 1.807) is 11.3 Å². The highest BCUT2D eigenvalue weighted by Crippen LogP contribution is 2.39. The molecule has 1 atom stereocenters. The summed E-state index contributed by atoms with van der Waals surface area (Å²) in [6, 6.07) is 10.9. The van der Waals surface area contributed by atoms with Gasteiger partial charge in [-0.25, -0.2) is 0 Å². The molecule has 0 aliphatic heterocycles. The lowest BCUT2D eigenvalue weighted by atomic mass is 9.99. The van der Waals surface area contributed by atoms with Crippen LogP contribution in [0.5, 0.6) is 0 Å². The standard InChI is InChI=1S/C16H14Br2N2S/c1-2-20-15(14-8-13(17)16(18)21-14)12-5-3-4-10-9-19-7-6-11(10)12/h3-9,15,20H,2H2,1H3. The zero-order valence-corrected chi connectivity index (χ0v) is 15.4. The Morgan fingerprint density at radius 1 is 1.29 bits per heavy atom. The van der Waals surface area contributed by atoms with Crippen molar-refractivity contribution in [2.75, 3.05) is 6.54 Å². The number of rotatable bonds is 4. The van der Waals surface area contributed by atoms with Crippen molar-refractivity contribution in [1.82, 2.24) is 10.3 Å². The van der Waals surface area contributed by atoms with Gasteiger partial charge in [-0.15, -0.1) is 11.3 Å². The minimum atomic E-state index is 0.189. The van der Waals surface area contributed by atoms with Gasteiger partial charge >= 0.3 is 0 Å². The topological polar surface area (TPSA) is 24.9 Å². The summed E-state index contributed by atoms with van der Waals surface area (Å²) >= 11 is 8.93. The number of hydrogen-bond donors (Lipinski definition) is 1. The van der Waals surface area contributed by atoms with Crippen molar-refractivity contribution < 1.29 is 0 Å². The van der Waals surface area contributed by atoms with Gasteiger partial charge in [-0.3, -0.25) is 4.98 Å². The summed E-state index contributed by atoms with van der Waals surface area (Å²) in [5.41, 5.74) is 1.29. The number of hydrogen-bond acceptors (Lipinski definition) is 3. The maximum absolute atomic E-state index is 4.22. The third-order valence-corrected chi connectivity index (χ3v) is 6.70. The van der Waals surface area contributed by atoms with Crippen LogP contribution in [-0.2, 0) is 0 Å². The largest absolute Gasteiger partial charge is 0.306 e. The van der Waals surface area contributed by atoms with Crippen molar-refractivity contribution in [1.29, 1.82) is 0 Å². The van der Waals surface area contributed by atoms with Gasteiger partial charge in [0, 0.05) is 27.1 Å². The van der Waals surface area contributed by atoms with Gasteiger partial charge in [-0.05, 0) is 61.5 Å². The van der Waals surface area contributed by atoms with Crippen LogP contribution in [0.25, 0.3) is 10.8 Å². The first-order chi connectivity index (χ1) is 10.2. The molecule has 0 saturated heterocycles. The number of benzene rings is 1. The molecule has 2 aromatic heterocycles. The maximum Gasteiger partial charge on any atom is 0.0843 e. The molecule has 0 radical (unpaired) electrons. The highest BCUT2D eigenvalue weighted by molar-refractivity contribution is 9.13. The second kappa shape index (κ2) is 6.57. The van der Waals surface area contributed by atoms with Gasteiger partial charge in [0.2, 0.25) is 0 Å². The first-order valence-electron chi connectivity index (χ1n) is 6.71. The molecule has 3 aromatic rings. The van der Waals surface area contributed by atoms with Crippen LogP contribution in [0, 0.1) is 0 Å². The molecule has 5 heteroatoms. The van der Waals surface area contributed by atoms with Gasteiger partial charge in [-0.1, -0.05) is 25.1 Å². The normalized spacial score (nSPS) is 12.7. The number of fused-ring (bicyclic) bond motifs is 1. The van der Waals surface area contributed by atoms with Crippen molar-refractivity contribution in [2.24, 2.45) is 0 Å². The van der Waals surface area contributed by atoms with E-state index in [1.165, 1.54) is 21.2 Å². The second-order valence-corrected chi connectivity index (χ2v) is 7.96. The Labute approximate surface area is 144 Å². The van der Waals surface area contributed by atoms with Gasteiger partial charge in [-0.2, -0.15) is 0 Å². The van der Waals surface area contributed by atoms with Crippen molar-refractivity contribution in [3.8, 4) is 0 Å². The number of nitrogens with one attached hydrogen (secondary N) is 1. The average Bonchev–Trinajstić information content (AvgIpc) is 2.84. The molecular formula is C16H14Br2N2S. The van der Waals surface area contributed by atoms with Crippen LogP contribution < -0.4 is 5.32 Å². The molecule has 1 aromatic carbocycles. The van der Waals surface area contributed by atoms with Gasteiger partial charge in [0.15, 0.2) is 0 Å². The summed E-state index contributed by atoms with van der Waals surface area (Å²) < 4.78 is 2.23. The summed E-state index contributed by atoms with van der Waals surface area (Å²) in [7, 11) is 0. The lowest BCUT2D eigenvalue weighted by Crippen LogP contribution is -2.21. The summed E-state index contributed by atoms with van der Waals surface area (Å²) in [5, 5.41) is 6.02. The number of thiophene rings is 1. The molecule has 0 saturated carbocycles. The molecule has 0 aliphatic carbocycles. The molecule has 1 unspecified atom stereocenters. The highest BCUT2D eigenvalue weighted by Gasteiger charge is 2.19. The van der Waals surface area contributed by atoms with Crippen molar-refractivity contribution in [3.63, 3.8) is 0 Å². The fourth-order valence-electron chi connectivity index (χ4n) is 2.47. The fourth-order valence-corrected chi connectivity index (χ4v) is 4.66. The summed E-state index contributed by atoms with van der Waals surface area (Å²) in [4.78, 5) is 5.51. The summed E-state index contributed by atoms with van der Waals surface area (Å²) in [5.74, 6) is 0. The van der Waals surface area contributed by atoms with E-state index in [0.29, 0.717) is 0 Å². The third kappa shape index (κ3) is 3.06. The zero-order chi connectivity index (χ0) is 14.8. The van der Waals surface area contributed by atoms with Crippen LogP contribution >= 0.6 is 43.2 Å². The van der Waals surface area contributed by atoms with Crippen LogP contribution in [0.2, 0.25) is 0 Å². The Morgan fingerprint density at radius 3 is 2.86 bits per heavy atom. The Balaban J connectivity index is 2.15. The smallest absolute Gasteiger partial charge is 0.0843 e. The predicted molar refractivity (Wildman–Crippen MR) is 97.0 cm³/mol. The molecule has 21 heavy (non-hydrogen) atoms. The Kier molecular flexibility index (Phi) is 4.74. The molecule has 2 heterocycles. The van der Waals surface area contributed by atoms with E-state index in [4.69, 9.17) is 0 Å². The molecule has 0 spiro atoms. The van der Waals surface area contributed by atoms with E-state index in [0.717, 1.165) is 14.8 Å². The van der Waals surface area contributed by atoms with E-state index in [-0.39, 0.29) is 6.04 Å². The van der Waals surface area contributed by atoms with Crippen LogP contribution in [0.1, 0.15) is 23.4 Å². The molecule has 2 nitrogen and oxygen atoms in total. The fraction of sp³-hybridized carbons (Fsp3) is 0.188. The van der Waals surface area contributed by atoms with Crippen molar-refractivity contribution in [3.05, 3.63) is 61.4 Å². The Hall–Kier alpha value is -0.750. The first kappa shape index (κ1) is 15.2. The summed E-state index contributed by atoms with van der Waals surface area (Å²) in [6.07, 6.45) is 3.77. The quantitative estimate of drug-likeness (QED) is 0.595.